The van der Waals surface area contributed by atoms with Gasteiger partial charge in [-0.25, -0.2) is 0 Å². The van der Waals surface area contributed by atoms with Crippen LogP contribution in [0.1, 0.15) is 13.8 Å². The van der Waals surface area contributed by atoms with Crippen LogP contribution >= 0.6 is 0 Å². The first-order valence-electron chi connectivity index (χ1n) is 5.98. The van der Waals surface area contributed by atoms with E-state index in [2.05, 4.69) is 15.5 Å². The van der Waals surface area contributed by atoms with E-state index in [1.54, 1.807) is 6.26 Å². The number of amides is 1. The molecule has 1 aliphatic rings. The molecular formula is C11H23N3O2S. The Hall–Kier alpha value is -0.460. The van der Waals surface area contributed by atoms with Crippen molar-refractivity contribution in [3.05, 3.63) is 0 Å². The summed E-state index contributed by atoms with van der Waals surface area (Å²) in [4.78, 5) is 14.3. The fraction of sp³-hybridized carbons (Fsp3) is 0.909. The molecule has 0 aromatic rings. The summed E-state index contributed by atoms with van der Waals surface area (Å²) in [6, 6.07) is 0. The molecule has 6 heteroatoms. The molecule has 0 aromatic carbocycles. The van der Waals surface area contributed by atoms with Crippen molar-refractivity contribution in [2.24, 2.45) is 0 Å². The average Bonchev–Trinajstić information content (AvgIpc) is 2.29. The highest BCUT2D eigenvalue weighted by Gasteiger charge is 2.34. The molecule has 1 atom stereocenters. The molecule has 0 saturated carbocycles. The maximum absolute atomic E-state index is 12.1. The number of nitrogens with zero attached hydrogens (tertiary/aromatic N) is 1. The predicted octanol–water partition coefficient (Wildman–Crippen LogP) is -0.835. The zero-order valence-electron chi connectivity index (χ0n) is 10.9. The highest BCUT2D eigenvalue weighted by Crippen LogP contribution is 2.14. The Bertz CT molecular complexity index is 288. The highest BCUT2D eigenvalue weighted by molar-refractivity contribution is 7.84. The first-order valence-corrected chi connectivity index (χ1v) is 7.71. The molecular weight excluding hydrogens is 238 g/mol. The number of hydrogen-bond acceptors (Lipinski definition) is 4. The van der Waals surface area contributed by atoms with Crippen molar-refractivity contribution in [1.29, 1.82) is 0 Å². The van der Waals surface area contributed by atoms with Crippen molar-refractivity contribution in [1.82, 2.24) is 15.5 Å². The van der Waals surface area contributed by atoms with Gasteiger partial charge in [-0.2, -0.15) is 0 Å². The molecule has 2 N–H and O–H groups in total. The van der Waals surface area contributed by atoms with Gasteiger partial charge in [0.15, 0.2) is 0 Å². The Kier molecular flexibility index (Phi) is 5.55. The molecule has 0 aromatic heterocycles. The van der Waals surface area contributed by atoms with Crippen LogP contribution in [0.4, 0.5) is 0 Å². The van der Waals surface area contributed by atoms with Crippen molar-refractivity contribution >= 4 is 16.7 Å². The summed E-state index contributed by atoms with van der Waals surface area (Å²) in [7, 11) is -0.852. The van der Waals surface area contributed by atoms with Crippen LogP contribution in [0.2, 0.25) is 0 Å². The summed E-state index contributed by atoms with van der Waals surface area (Å²) in [6.45, 7) is 8.00. The molecule has 5 nitrogen and oxygen atoms in total. The fourth-order valence-corrected chi connectivity index (χ4v) is 2.28. The van der Waals surface area contributed by atoms with Crippen LogP contribution in [0.3, 0.4) is 0 Å². The maximum Gasteiger partial charge on any atom is 0.239 e. The van der Waals surface area contributed by atoms with Gasteiger partial charge in [-0.15, -0.1) is 0 Å². The van der Waals surface area contributed by atoms with Crippen molar-refractivity contribution in [2.45, 2.75) is 19.4 Å². The first kappa shape index (κ1) is 14.6. The third kappa shape index (κ3) is 4.37. The molecule has 1 aliphatic heterocycles. The van der Waals surface area contributed by atoms with Gasteiger partial charge in [0.1, 0.15) is 0 Å². The summed E-state index contributed by atoms with van der Waals surface area (Å²) >= 11 is 0. The molecule has 1 saturated heterocycles. The third-order valence-corrected chi connectivity index (χ3v) is 3.92. The normalized spacial score (nSPS) is 19.9. The van der Waals surface area contributed by atoms with Gasteiger partial charge in [-0.1, -0.05) is 0 Å². The summed E-state index contributed by atoms with van der Waals surface area (Å²) in [6.07, 6.45) is 1.65. The van der Waals surface area contributed by atoms with Crippen molar-refractivity contribution in [2.75, 3.05) is 44.7 Å². The third-order valence-electron chi connectivity index (χ3n) is 3.14. The van der Waals surface area contributed by atoms with E-state index in [4.69, 9.17) is 0 Å². The SMILES string of the molecule is CS(=O)CCNC(=O)C(C)(C)N1CCNCC1. The molecule has 0 bridgehead atoms. The van der Waals surface area contributed by atoms with Crippen LogP contribution in [-0.4, -0.2) is 65.3 Å². The van der Waals surface area contributed by atoms with Gasteiger partial charge in [0.25, 0.3) is 0 Å². The van der Waals surface area contributed by atoms with E-state index in [0.29, 0.717) is 12.3 Å². The topological polar surface area (TPSA) is 61.4 Å². The minimum atomic E-state index is -0.852. The second kappa shape index (κ2) is 6.47. The largest absolute Gasteiger partial charge is 0.354 e. The Morgan fingerprint density at radius 2 is 2.00 bits per heavy atom. The molecule has 1 rings (SSSR count). The fourth-order valence-electron chi connectivity index (χ4n) is 1.89. The zero-order chi connectivity index (χ0) is 12.9. The molecule has 100 valence electrons. The highest BCUT2D eigenvalue weighted by atomic mass is 32.2. The van der Waals surface area contributed by atoms with E-state index >= 15 is 0 Å². The van der Waals surface area contributed by atoms with E-state index in [-0.39, 0.29) is 5.91 Å². The molecule has 1 fully saturated rings. The second-order valence-corrected chi connectivity index (χ2v) is 6.38. The second-order valence-electron chi connectivity index (χ2n) is 4.83. The minimum Gasteiger partial charge on any atom is -0.354 e. The quantitative estimate of drug-likeness (QED) is 0.678. The van der Waals surface area contributed by atoms with E-state index in [9.17, 15) is 9.00 Å². The van der Waals surface area contributed by atoms with Crippen LogP contribution in [0.15, 0.2) is 0 Å². The number of nitrogens with one attached hydrogen (secondary N) is 2. The van der Waals surface area contributed by atoms with E-state index in [1.165, 1.54) is 0 Å². The number of hydrogen-bond donors (Lipinski definition) is 2. The van der Waals surface area contributed by atoms with Gasteiger partial charge in [0.05, 0.1) is 5.54 Å². The van der Waals surface area contributed by atoms with Crippen LogP contribution in [-0.2, 0) is 15.6 Å². The number of carbonyl (C=O) groups excluding carboxylic acids is 1. The Balaban J connectivity index is 2.44. The van der Waals surface area contributed by atoms with Crippen LogP contribution in [0.25, 0.3) is 0 Å². The van der Waals surface area contributed by atoms with Crippen molar-refractivity contribution in [3.8, 4) is 0 Å². The molecule has 0 radical (unpaired) electrons. The molecule has 1 unspecified atom stereocenters. The summed E-state index contributed by atoms with van der Waals surface area (Å²) < 4.78 is 10.9. The first-order chi connectivity index (χ1) is 7.94. The van der Waals surface area contributed by atoms with Gasteiger partial charge < -0.3 is 10.6 Å². The summed E-state index contributed by atoms with van der Waals surface area (Å²) in [5, 5.41) is 6.13. The maximum atomic E-state index is 12.1. The zero-order valence-corrected chi connectivity index (χ0v) is 11.7. The number of piperazine rings is 1. The molecule has 0 aliphatic carbocycles. The van der Waals surface area contributed by atoms with Crippen LogP contribution < -0.4 is 10.6 Å². The van der Waals surface area contributed by atoms with Gasteiger partial charge in [0, 0.05) is 55.5 Å². The lowest BCUT2D eigenvalue weighted by Gasteiger charge is -2.39. The summed E-state index contributed by atoms with van der Waals surface area (Å²) in [5.41, 5.74) is -0.489. The van der Waals surface area contributed by atoms with Gasteiger partial charge in [-0.05, 0) is 13.8 Å². The smallest absolute Gasteiger partial charge is 0.239 e. The number of carbonyl (C=O) groups is 1. The lowest BCUT2D eigenvalue weighted by atomic mass is 10.0. The van der Waals surface area contributed by atoms with E-state index in [0.717, 1.165) is 26.2 Å². The molecule has 1 heterocycles. The standard InChI is InChI=1S/C11H23N3O2S/c1-11(2,14-7-4-12-5-8-14)10(15)13-6-9-17(3)16/h12H,4-9H2,1-3H3,(H,13,15). The van der Waals surface area contributed by atoms with Crippen molar-refractivity contribution < 1.29 is 9.00 Å². The lowest BCUT2D eigenvalue weighted by molar-refractivity contribution is -0.132. The monoisotopic (exact) mass is 261 g/mol. The Morgan fingerprint density at radius 3 is 2.53 bits per heavy atom. The van der Waals surface area contributed by atoms with E-state index < -0.39 is 16.3 Å². The molecule has 17 heavy (non-hydrogen) atoms. The summed E-state index contributed by atoms with van der Waals surface area (Å²) in [5.74, 6) is 0.536. The Morgan fingerprint density at radius 1 is 1.41 bits per heavy atom. The van der Waals surface area contributed by atoms with Gasteiger partial charge in [-0.3, -0.25) is 13.9 Å². The van der Waals surface area contributed by atoms with Gasteiger partial charge >= 0.3 is 0 Å². The Labute approximate surface area is 106 Å². The molecule has 0 spiro atoms. The number of rotatable bonds is 5. The van der Waals surface area contributed by atoms with Crippen LogP contribution in [0.5, 0.6) is 0 Å². The average molecular weight is 261 g/mol. The van der Waals surface area contributed by atoms with Crippen molar-refractivity contribution in [3.63, 3.8) is 0 Å². The predicted molar refractivity (Wildman–Crippen MR) is 70.5 cm³/mol. The minimum absolute atomic E-state index is 0.0184. The lowest BCUT2D eigenvalue weighted by Crippen LogP contribution is -2.60. The van der Waals surface area contributed by atoms with Crippen LogP contribution in [0, 0.1) is 0 Å². The molecule has 1 amide bonds. The van der Waals surface area contributed by atoms with Gasteiger partial charge in [0.2, 0.25) is 5.91 Å². The van der Waals surface area contributed by atoms with E-state index in [1.807, 2.05) is 13.8 Å².